The summed E-state index contributed by atoms with van der Waals surface area (Å²) in [7, 11) is 0. The number of carbonyl (C=O) groups excluding carboxylic acids is 2. The SMILES string of the molecule is NC(=O)CCN1CCOCC(O)(CNC(=O)c2cnco2)C1. The molecule has 1 aromatic heterocycles. The number of nitrogens with zero attached hydrogens (tertiary/aromatic N) is 2. The summed E-state index contributed by atoms with van der Waals surface area (Å²) >= 11 is 0. The lowest BCUT2D eigenvalue weighted by atomic mass is 10.0. The van der Waals surface area contributed by atoms with Crippen molar-refractivity contribution in [2.45, 2.75) is 12.0 Å². The van der Waals surface area contributed by atoms with Gasteiger partial charge >= 0.3 is 0 Å². The fourth-order valence-corrected chi connectivity index (χ4v) is 2.22. The Balaban J connectivity index is 1.89. The molecule has 1 aliphatic heterocycles. The first-order chi connectivity index (χ1) is 10.5. The minimum absolute atomic E-state index is 0.000392. The standard InChI is InChI=1S/C13H20N4O5/c14-11(18)1-2-17-3-4-21-8-13(20,7-17)6-16-12(19)10-5-15-9-22-10/h5,9,20H,1-4,6-8H2,(H2,14,18)(H,16,19). The average molecular weight is 312 g/mol. The molecule has 0 aliphatic carbocycles. The highest BCUT2D eigenvalue weighted by Crippen LogP contribution is 2.12. The van der Waals surface area contributed by atoms with Crippen molar-refractivity contribution >= 4 is 11.8 Å². The second kappa shape index (κ2) is 7.34. The number of ether oxygens (including phenoxy) is 1. The van der Waals surface area contributed by atoms with Crippen LogP contribution in [0.5, 0.6) is 0 Å². The van der Waals surface area contributed by atoms with Crippen LogP contribution < -0.4 is 11.1 Å². The monoisotopic (exact) mass is 312 g/mol. The molecule has 1 aliphatic rings. The fraction of sp³-hybridized carbons (Fsp3) is 0.615. The summed E-state index contributed by atoms with van der Waals surface area (Å²) in [6.45, 7) is 1.84. The Morgan fingerprint density at radius 1 is 1.55 bits per heavy atom. The van der Waals surface area contributed by atoms with Gasteiger partial charge in [0.2, 0.25) is 11.7 Å². The Kier molecular flexibility index (Phi) is 5.47. The molecule has 2 amide bonds. The van der Waals surface area contributed by atoms with Crippen molar-refractivity contribution < 1.29 is 23.8 Å². The summed E-state index contributed by atoms with van der Waals surface area (Å²) in [6, 6.07) is 0. The molecule has 1 saturated heterocycles. The molecule has 22 heavy (non-hydrogen) atoms. The zero-order valence-electron chi connectivity index (χ0n) is 12.2. The molecular weight excluding hydrogens is 292 g/mol. The smallest absolute Gasteiger partial charge is 0.288 e. The molecule has 9 nitrogen and oxygen atoms in total. The van der Waals surface area contributed by atoms with Crippen molar-refractivity contribution in [3.05, 3.63) is 18.4 Å². The van der Waals surface area contributed by atoms with Gasteiger partial charge in [0.05, 0.1) is 26.0 Å². The molecule has 0 aromatic carbocycles. The first-order valence-corrected chi connectivity index (χ1v) is 6.96. The van der Waals surface area contributed by atoms with Crippen LogP contribution in [0.2, 0.25) is 0 Å². The third kappa shape index (κ3) is 4.79. The normalized spacial score (nSPS) is 23.0. The van der Waals surface area contributed by atoms with Crippen molar-refractivity contribution in [1.82, 2.24) is 15.2 Å². The number of nitrogens with two attached hydrogens (primary N) is 1. The van der Waals surface area contributed by atoms with Gasteiger partial charge in [0.25, 0.3) is 5.91 Å². The van der Waals surface area contributed by atoms with Gasteiger partial charge in [-0.3, -0.25) is 14.5 Å². The topological polar surface area (TPSA) is 131 Å². The molecule has 2 rings (SSSR count). The minimum atomic E-state index is -1.25. The summed E-state index contributed by atoms with van der Waals surface area (Å²) in [6.07, 6.45) is 2.66. The van der Waals surface area contributed by atoms with Gasteiger partial charge < -0.3 is 25.3 Å². The van der Waals surface area contributed by atoms with E-state index in [0.29, 0.717) is 19.7 Å². The van der Waals surface area contributed by atoms with E-state index in [9.17, 15) is 14.7 Å². The molecule has 0 saturated carbocycles. The highest BCUT2D eigenvalue weighted by molar-refractivity contribution is 5.91. The quantitative estimate of drug-likeness (QED) is 0.573. The number of primary amides is 1. The third-order valence-corrected chi connectivity index (χ3v) is 3.35. The van der Waals surface area contributed by atoms with Crippen molar-refractivity contribution in [3.8, 4) is 0 Å². The van der Waals surface area contributed by atoms with Gasteiger partial charge in [-0.2, -0.15) is 0 Å². The molecule has 1 atom stereocenters. The summed E-state index contributed by atoms with van der Waals surface area (Å²) in [4.78, 5) is 28.2. The zero-order valence-corrected chi connectivity index (χ0v) is 12.2. The van der Waals surface area contributed by atoms with Gasteiger partial charge in [-0.1, -0.05) is 0 Å². The number of nitrogens with one attached hydrogen (secondary N) is 1. The lowest BCUT2D eigenvalue weighted by molar-refractivity contribution is -0.118. The Labute approximate surface area is 127 Å². The molecule has 0 bridgehead atoms. The second-order valence-corrected chi connectivity index (χ2v) is 5.32. The fourth-order valence-electron chi connectivity index (χ4n) is 2.22. The summed E-state index contributed by atoms with van der Waals surface area (Å²) in [5, 5.41) is 13.2. The van der Waals surface area contributed by atoms with Gasteiger partial charge in [0.15, 0.2) is 6.39 Å². The summed E-state index contributed by atoms with van der Waals surface area (Å²) in [5.74, 6) is -0.782. The Hall–Kier alpha value is -1.97. The molecule has 1 fully saturated rings. The van der Waals surface area contributed by atoms with E-state index in [1.807, 2.05) is 4.90 Å². The number of hydrogen-bond acceptors (Lipinski definition) is 7. The van der Waals surface area contributed by atoms with E-state index in [1.54, 1.807) is 0 Å². The van der Waals surface area contributed by atoms with Crippen LogP contribution in [0.3, 0.4) is 0 Å². The number of hydrogen-bond donors (Lipinski definition) is 3. The van der Waals surface area contributed by atoms with Crippen molar-refractivity contribution in [3.63, 3.8) is 0 Å². The number of amides is 2. The third-order valence-electron chi connectivity index (χ3n) is 3.35. The Morgan fingerprint density at radius 2 is 2.36 bits per heavy atom. The number of β-amino-alcohol motifs (C(OH)–C–C–N with tert-alkyl or cyclic N) is 1. The molecule has 1 aromatic rings. The molecule has 0 radical (unpaired) electrons. The maximum absolute atomic E-state index is 11.8. The van der Waals surface area contributed by atoms with Gasteiger partial charge in [0.1, 0.15) is 5.60 Å². The van der Waals surface area contributed by atoms with Crippen LogP contribution in [-0.4, -0.2) is 71.8 Å². The number of rotatable bonds is 6. The minimum Gasteiger partial charge on any atom is -0.438 e. The van der Waals surface area contributed by atoms with Gasteiger partial charge in [-0.05, 0) is 0 Å². The van der Waals surface area contributed by atoms with Crippen LogP contribution in [0.15, 0.2) is 17.0 Å². The van der Waals surface area contributed by atoms with Crippen LogP contribution in [-0.2, 0) is 9.53 Å². The van der Waals surface area contributed by atoms with Gasteiger partial charge in [-0.15, -0.1) is 0 Å². The molecule has 1 unspecified atom stereocenters. The average Bonchev–Trinajstić information content (AvgIpc) is 2.94. The predicted octanol–water partition coefficient (Wildman–Crippen LogP) is -1.66. The Bertz CT molecular complexity index is 507. The van der Waals surface area contributed by atoms with Crippen LogP contribution >= 0.6 is 0 Å². The van der Waals surface area contributed by atoms with E-state index >= 15 is 0 Å². The van der Waals surface area contributed by atoms with Crippen molar-refractivity contribution in [1.29, 1.82) is 0 Å². The molecule has 0 spiro atoms. The van der Waals surface area contributed by atoms with Crippen LogP contribution in [0.4, 0.5) is 0 Å². The molecular formula is C13H20N4O5. The first-order valence-electron chi connectivity index (χ1n) is 6.96. The first kappa shape index (κ1) is 16.4. The maximum Gasteiger partial charge on any atom is 0.288 e. The van der Waals surface area contributed by atoms with Crippen LogP contribution in [0.1, 0.15) is 17.0 Å². The van der Waals surface area contributed by atoms with E-state index in [2.05, 4.69) is 10.3 Å². The summed E-state index contributed by atoms with van der Waals surface area (Å²) in [5.41, 5.74) is 3.89. The number of aromatic nitrogens is 1. The molecule has 122 valence electrons. The van der Waals surface area contributed by atoms with E-state index in [1.165, 1.54) is 6.20 Å². The summed E-state index contributed by atoms with van der Waals surface area (Å²) < 4.78 is 10.3. The number of carbonyl (C=O) groups is 2. The van der Waals surface area contributed by atoms with Crippen molar-refractivity contribution in [2.24, 2.45) is 5.73 Å². The molecule has 9 heteroatoms. The van der Waals surface area contributed by atoms with Gasteiger partial charge in [-0.25, -0.2) is 4.98 Å². The highest BCUT2D eigenvalue weighted by atomic mass is 16.5. The van der Waals surface area contributed by atoms with Gasteiger partial charge in [0, 0.05) is 26.1 Å². The predicted molar refractivity (Wildman–Crippen MR) is 74.9 cm³/mol. The van der Waals surface area contributed by atoms with Crippen LogP contribution in [0, 0.1) is 0 Å². The molecule has 2 heterocycles. The molecule has 4 N–H and O–H groups in total. The van der Waals surface area contributed by atoms with E-state index in [4.69, 9.17) is 14.9 Å². The highest BCUT2D eigenvalue weighted by Gasteiger charge is 2.33. The second-order valence-electron chi connectivity index (χ2n) is 5.32. The lowest BCUT2D eigenvalue weighted by Gasteiger charge is -2.30. The maximum atomic E-state index is 11.8. The van der Waals surface area contributed by atoms with E-state index < -0.39 is 17.4 Å². The van der Waals surface area contributed by atoms with E-state index in [-0.39, 0.29) is 31.9 Å². The zero-order chi connectivity index (χ0) is 16.0. The Morgan fingerprint density at radius 3 is 3.05 bits per heavy atom. The van der Waals surface area contributed by atoms with Crippen LogP contribution in [0.25, 0.3) is 0 Å². The van der Waals surface area contributed by atoms with E-state index in [0.717, 1.165) is 6.39 Å². The number of aliphatic hydroxyl groups is 1. The van der Waals surface area contributed by atoms with Crippen molar-refractivity contribution in [2.75, 3.05) is 39.4 Å². The largest absolute Gasteiger partial charge is 0.438 e. The number of oxazole rings is 1. The lowest BCUT2D eigenvalue weighted by Crippen LogP contribution is -2.52.